The minimum absolute atomic E-state index is 0.119. The van der Waals surface area contributed by atoms with Gasteiger partial charge in [-0.3, -0.25) is 0 Å². The zero-order valence-corrected chi connectivity index (χ0v) is 15.4. The van der Waals surface area contributed by atoms with Crippen molar-refractivity contribution in [3.8, 4) is 0 Å². The molecule has 0 aliphatic heterocycles. The van der Waals surface area contributed by atoms with E-state index in [-0.39, 0.29) is 12.1 Å². The molecule has 0 radical (unpaired) electrons. The fraction of sp³-hybridized carbons (Fsp3) is 0.727. The summed E-state index contributed by atoms with van der Waals surface area (Å²) in [7, 11) is 0. The monoisotopic (exact) mass is 329 g/mol. The third kappa shape index (κ3) is 4.21. The average Bonchev–Trinajstić information content (AvgIpc) is 3.01. The largest absolute Gasteiger partial charge is 0.394 e. The van der Waals surface area contributed by atoms with E-state index in [2.05, 4.69) is 25.1 Å². The zero-order chi connectivity index (χ0) is 17.0. The Bertz CT molecular complexity index is 541. The van der Waals surface area contributed by atoms with Gasteiger partial charge in [-0.05, 0) is 67.1 Å². The summed E-state index contributed by atoms with van der Waals surface area (Å²) in [6, 6.07) is 7.18. The van der Waals surface area contributed by atoms with Gasteiger partial charge in [0.2, 0.25) is 0 Å². The molecule has 134 valence electrons. The Morgan fingerprint density at radius 3 is 2.79 bits per heavy atom. The highest BCUT2D eigenvalue weighted by Gasteiger charge is 2.36. The smallest absolute Gasteiger partial charge is 0.0611 e. The van der Waals surface area contributed by atoms with E-state index in [9.17, 15) is 5.11 Å². The van der Waals surface area contributed by atoms with E-state index < -0.39 is 0 Å². The molecule has 24 heavy (non-hydrogen) atoms. The van der Waals surface area contributed by atoms with Crippen molar-refractivity contribution in [1.82, 2.24) is 0 Å². The van der Waals surface area contributed by atoms with Crippen molar-refractivity contribution in [1.29, 1.82) is 0 Å². The molecule has 2 nitrogen and oxygen atoms in total. The Labute approximate surface area is 147 Å². The van der Waals surface area contributed by atoms with Crippen LogP contribution in [0.4, 0.5) is 0 Å². The summed E-state index contributed by atoms with van der Waals surface area (Å²) in [4.78, 5) is 0. The Hall–Kier alpha value is -0.860. The summed E-state index contributed by atoms with van der Waals surface area (Å²) in [6.45, 7) is 2.40. The van der Waals surface area contributed by atoms with Gasteiger partial charge in [-0.2, -0.15) is 0 Å². The van der Waals surface area contributed by atoms with Crippen molar-refractivity contribution in [2.75, 3.05) is 6.61 Å². The van der Waals surface area contributed by atoms with Crippen molar-refractivity contribution in [3.63, 3.8) is 0 Å². The van der Waals surface area contributed by atoms with Crippen LogP contribution >= 0.6 is 0 Å². The average molecular weight is 330 g/mol. The van der Waals surface area contributed by atoms with Crippen molar-refractivity contribution >= 4 is 0 Å². The van der Waals surface area contributed by atoms with Gasteiger partial charge in [0.1, 0.15) is 0 Å². The fourth-order valence-electron chi connectivity index (χ4n) is 4.80. The van der Waals surface area contributed by atoms with E-state index >= 15 is 0 Å². The summed E-state index contributed by atoms with van der Waals surface area (Å²) in [5.41, 5.74) is 10.5. The summed E-state index contributed by atoms with van der Waals surface area (Å²) < 4.78 is 0. The highest BCUT2D eigenvalue weighted by molar-refractivity contribution is 5.36. The van der Waals surface area contributed by atoms with Crippen molar-refractivity contribution in [2.45, 2.75) is 89.0 Å². The van der Waals surface area contributed by atoms with E-state index in [0.29, 0.717) is 5.92 Å². The Morgan fingerprint density at radius 1 is 1.17 bits per heavy atom. The van der Waals surface area contributed by atoms with Gasteiger partial charge in [-0.25, -0.2) is 0 Å². The number of fused-ring (bicyclic) bond motifs is 1. The van der Waals surface area contributed by atoms with E-state index in [0.717, 1.165) is 25.2 Å². The number of aliphatic hydroxyl groups is 1. The van der Waals surface area contributed by atoms with Crippen LogP contribution in [-0.4, -0.2) is 17.3 Å². The molecule has 1 saturated carbocycles. The van der Waals surface area contributed by atoms with E-state index in [1.165, 1.54) is 56.9 Å². The number of aryl methyl sites for hydroxylation is 1. The number of hydrogen-bond donors (Lipinski definition) is 2. The molecule has 3 rings (SSSR count). The lowest BCUT2D eigenvalue weighted by Gasteiger charge is -2.26. The van der Waals surface area contributed by atoms with Gasteiger partial charge < -0.3 is 10.8 Å². The van der Waals surface area contributed by atoms with Gasteiger partial charge in [0.25, 0.3) is 0 Å². The Kier molecular flexibility index (Phi) is 5.99. The van der Waals surface area contributed by atoms with E-state index in [1.807, 2.05) is 0 Å². The Morgan fingerprint density at radius 2 is 2.04 bits per heavy atom. The summed E-state index contributed by atoms with van der Waals surface area (Å²) >= 11 is 0. The van der Waals surface area contributed by atoms with Crippen LogP contribution < -0.4 is 5.73 Å². The SMILES string of the molecule is CCCCCC[C@@H]1CCc2cc([C@@H]3CC[C@@](N)(CO)C3)ccc2C1. The molecule has 3 atom stereocenters. The molecular formula is C22H35NO. The molecule has 0 heterocycles. The zero-order valence-electron chi connectivity index (χ0n) is 15.4. The minimum Gasteiger partial charge on any atom is -0.394 e. The first-order valence-corrected chi connectivity index (χ1v) is 10.1. The molecule has 0 saturated heterocycles. The molecule has 0 unspecified atom stereocenters. The van der Waals surface area contributed by atoms with Crippen molar-refractivity contribution in [2.24, 2.45) is 11.7 Å². The standard InChI is InChI=1S/C22H35NO/c1-2-3-4-5-6-17-7-8-19-14-20(10-9-18(19)13-17)21-11-12-22(23,15-21)16-24/h9-10,14,17,21,24H,2-8,11-13,15-16,23H2,1H3/t17-,21-,22+/m1/s1. The first kappa shape index (κ1) is 17.9. The highest BCUT2D eigenvalue weighted by Crippen LogP contribution is 2.40. The normalized spacial score (nSPS) is 29.6. The van der Waals surface area contributed by atoms with Gasteiger partial charge in [-0.1, -0.05) is 57.2 Å². The minimum atomic E-state index is -0.343. The molecule has 1 aromatic carbocycles. The van der Waals surface area contributed by atoms with Crippen LogP contribution in [0.2, 0.25) is 0 Å². The fourth-order valence-corrected chi connectivity index (χ4v) is 4.80. The molecule has 0 amide bonds. The van der Waals surface area contributed by atoms with Crippen molar-refractivity contribution in [3.05, 3.63) is 34.9 Å². The number of nitrogens with two attached hydrogens (primary N) is 1. The second kappa shape index (κ2) is 8.01. The molecule has 3 N–H and O–H groups in total. The third-order valence-electron chi connectivity index (χ3n) is 6.46. The predicted octanol–water partition coefficient (Wildman–Crippen LogP) is 4.72. The quantitative estimate of drug-likeness (QED) is 0.711. The van der Waals surface area contributed by atoms with Crippen LogP contribution in [0, 0.1) is 5.92 Å². The maximum Gasteiger partial charge on any atom is 0.0611 e. The first-order chi connectivity index (χ1) is 11.6. The highest BCUT2D eigenvalue weighted by atomic mass is 16.3. The molecule has 0 spiro atoms. The number of hydrogen-bond acceptors (Lipinski definition) is 2. The van der Waals surface area contributed by atoms with Crippen LogP contribution in [0.1, 0.15) is 87.3 Å². The van der Waals surface area contributed by atoms with E-state index in [1.54, 1.807) is 11.1 Å². The molecule has 0 bridgehead atoms. The van der Waals surface area contributed by atoms with Gasteiger partial charge in [0.05, 0.1) is 6.61 Å². The number of unbranched alkanes of at least 4 members (excludes halogenated alkanes) is 3. The van der Waals surface area contributed by atoms with Crippen LogP contribution in [0.15, 0.2) is 18.2 Å². The topological polar surface area (TPSA) is 46.2 Å². The molecule has 2 aliphatic rings. The second-order valence-corrected chi connectivity index (χ2v) is 8.45. The van der Waals surface area contributed by atoms with E-state index in [4.69, 9.17) is 5.73 Å². The van der Waals surface area contributed by atoms with Crippen molar-refractivity contribution < 1.29 is 5.11 Å². The van der Waals surface area contributed by atoms with Gasteiger partial charge >= 0.3 is 0 Å². The van der Waals surface area contributed by atoms with Gasteiger partial charge in [0, 0.05) is 5.54 Å². The first-order valence-electron chi connectivity index (χ1n) is 10.1. The number of benzene rings is 1. The Balaban J connectivity index is 1.58. The molecule has 1 fully saturated rings. The lowest BCUT2D eigenvalue weighted by molar-refractivity contribution is 0.198. The molecule has 0 aromatic heterocycles. The summed E-state index contributed by atoms with van der Waals surface area (Å²) in [6.07, 6.45) is 13.9. The summed E-state index contributed by atoms with van der Waals surface area (Å²) in [5, 5.41) is 9.49. The maximum atomic E-state index is 9.49. The molecule has 2 heteroatoms. The second-order valence-electron chi connectivity index (χ2n) is 8.45. The van der Waals surface area contributed by atoms with Crippen LogP contribution in [0.25, 0.3) is 0 Å². The predicted molar refractivity (Wildman–Crippen MR) is 101 cm³/mol. The lowest BCUT2D eigenvalue weighted by Crippen LogP contribution is -2.40. The summed E-state index contributed by atoms with van der Waals surface area (Å²) in [5.74, 6) is 1.44. The number of aliphatic hydroxyl groups excluding tert-OH is 1. The van der Waals surface area contributed by atoms with Crippen LogP contribution in [0.3, 0.4) is 0 Å². The number of rotatable bonds is 7. The molecule has 2 aliphatic carbocycles. The maximum absolute atomic E-state index is 9.49. The third-order valence-corrected chi connectivity index (χ3v) is 6.46. The van der Waals surface area contributed by atoms with Crippen LogP contribution in [0.5, 0.6) is 0 Å². The van der Waals surface area contributed by atoms with Crippen LogP contribution in [-0.2, 0) is 12.8 Å². The lowest BCUT2D eigenvalue weighted by atomic mass is 9.79. The molecule has 1 aromatic rings. The van der Waals surface area contributed by atoms with Gasteiger partial charge in [-0.15, -0.1) is 0 Å². The van der Waals surface area contributed by atoms with Gasteiger partial charge in [0.15, 0.2) is 0 Å². The molecular weight excluding hydrogens is 294 g/mol.